The monoisotopic (exact) mass is 254 g/mol. The Bertz CT molecular complexity index is 219. The Morgan fingerprint density at radius 2 is 1.44 bits per heavy atom. The van der Waals surface area contributed by atoms with Crippen molar-refractivity contribution >= 4 is 0 Å². The van der Waals surface area contributed by atoms with Crippen molar-refractivity contribution in [2.75, 3.05) is 53.0 Å². The summed E-state index contributed by atoms with van der Waals surface area (Å²) >= 11 is 0. The highest BCUT2D eigenvalue weighted by atomic mass is 16.5. The minimum Gasteiger partial charge on any atom is -0.384 e. The molecule has 18 heavy (non-hydrogen) atoms. The summed E-state index contributed by atoms with van der Waals surface area (Å²) in [6, 6.07) is 0. The van der Waals surface area contributed by atoms with E-state index >= 15 is 0 Å². The first-order valence-corrected chi connectivity index (χ1v) is 7.75. The average molecular weight is 254 g/mol. The molecule has 2 aliphatic rings. The fourth-order valence-electron chi connectivity index (χ4n) is 3.42. The van der Waals surface area contributed by atoms with Gasteiger partial charge >= 0.3 is 0 Å². The minimum absolute atomic E-state index is 0.813. The second-order valence-electron chi connectivity index (χ2n) is 6.08. The maximum absolute atomic E-state index is 5.27. The van der Waals surface area contributed by atoms with E-state index in [-0.39, 0.29) is 0 Å². The van der Waals surface area contributed by atoms with Gasteiger partial charge in [0.15, 0.2) is 0 Å². The lowest BCUT2D eigenvalue weighted by molar-refractivity contribution is 0.0822. The normalized spacial score (nSPS) is 25.7. The number of likely N-dealkylation sites (tertiary alicyclic amines) is 2. The second kappa shape index (κ2) is 7.46. The van der Waals surface area contributed by atoms with E-state index in [0.717, 1.165) is 18.4 Å². The van der Waals surface area contributed by atoms with Gasteiger partial charge in [-0.25, -0.2) is 0 Å². The molecule has 0 aliphatic carbocycles. The molecule has 0 spiro atoms. The van der Waals surface area contributed by atoms with Gasteiger partial charge in [-0.05, 0) is 70.2 Å². The van der Waals surface area contributed by atoms with Crippen LogP contribution in [-0.4, -0.2) is 62.8 Å². The second-order valence-corrected chi connectivity index (χ2v) is 6.08. The molecule has 0 aromatic carbocycles. The molecule has 0 N–H and O–H groups in total. The zero-order valence-corrected chi connectivity index (χ0v) is 12.2. The van der Waals surface area contributed by atoms with E-state index < -0.39 is 0 Å². The van der Waals surface area contributed by atoms with Gasteiger partial charge in [-0.1, -0.05) is 6.92 Å². The van der Waals surface area contributed by atoms with Crippen LogP contribution in [-0.2, 0) is 4.74 Å². The van der Waals surface area contributed by atoms with Crippen LogP contribution in [0.25, 0.3) is 0 Å². The molecule has 0 amide bonds. The van der Waals surface area contributed by atoms with E-state index in [1.54, 1.807) is 0 Å². The molecule has 0 bridgehead atoms. The van der Waals surface area contributed by atoms with Crippen molar-refractivity contribution in [3.05, 3.63) is 0 Å². The summed E-state index contributed by atoms with van der Waals surface area (Å²) in [6.45, 7) is 11.0. The number of methoxy groups -OCH3 is 1. The van der Waals surface area contributed by atoms with Crippen LogP contribution in [0.5, 0.6) is 0 Å². The van der Waals surface area contributed by atoms with Crippen molar-refractivity contribution in [1.82, 2.24) is 9.80 Å². The first-order valence-electron chi connectivity index (χ1n) is 7.75. The number of ether oxygens (including phenoxy) is 1. The molecule has 0 unspecified atom stereocenters. The van der Waals surface area contributed by atoms with Gasteiger partial charge in [0.2, 0.25) is 0 Å². The Hall–Kier alpha value is -0.120. The van der Waals surface area contributed by atoms with Crippen LogP contribution in [0.1, 0.15) is 32.6 Å². The van der Waals surface area contributed by atoms with Crippen molar-refractivity contribution < 1.29 is 4.74 Å². The van der Waals surface area contributed by atoms with Crippen LogP contribution in [0.15, 0.2) is 0 Å². The molecule has 0 radical (unpaired) electrons. The highest BCUT2D eigenvalue weighted by Gasteiger charge is 2.24. The summed E-state index contributed by atoms with van der Waals surface area (Å²) in [7, 11) is 1.83. The van der Waals surface area contributed by atoms with Crippen LogP contribution in [0.3, 0.4) is 0 Å². The van der Waals surface area contributed by atoms with Crippen molar-refractivity contribution in [2.45, 2.75) is 32.6 Å². The van der Waals surface area contributed by atoms with Crippen LogP contribution in [0.2, 0.25) is 0 Å². The number of hydrogen-bond donors (Lipinski definition) is 0. The Labute approximate surface area is 112 Å². The van der Waals surface area contributed by atoms with E-state index in [1.165, 1.54) is 65.0 Å². The predicted octanol–water partition coefficient (Wildman–Crippen LogP) is 2.08. The molecule has 2 fully saturated rings. The average Bonchev–Trinajstić information content (AvgIpc) is 2.42. The third-order valence-corrected chi connectivity index (χ3v) is 4.78. The maximum Gasteiger partial charge on any atom is 0.0491 e. The van der Waals surface area contributed by atoms with Crippen molar-refractivity contribution in [3.63, 3.8) is 0 Å². The first kappa shape index (κ1) is 14.3. The van der Waals surface area contributed by atoms with E-state index in [4.69, 9.17) is 4.74 Å². The van der Waals surface area contributed by atoms with Crippen molar-refractivity contribution in [1.29, 1.82) is 0 Å². The van der Waals surface area contributed by atoms with Gasteiger partial charge in [-0.2, -0.15) is 0 Å². The topological polar surface area (TPSA) is 15.7 Å². The fourth-order valence-corrected chi connectivity index (χ4v) is 3.42. The van der Waals surface area contributed by atoms with E-state index in [0.29, 0.717) is 0 Å². The molecule has 0 saturated carbocycles. The molecular formula is C15H30N2O. The van der Waals surface area contributed by atoms with E-state index in [2.05, 4.69) is 16.7 Å². The molecule has 2 rings (SSSR count). The molecule has 106 valence electrons. The molecule has 0 atom stereocenters. The highest BCUT2D eigenvalue weighted by molar-refractivity contribution is 4.78. The van der Waals surface area contributed by atoms with Gasteiger partial charge in [0.1, 0.15) is 0 Å². The number of hydrogen-bond acceptors (Lipinski definition) is 3. The fraction of sp³-hybridized carbons (Fsp3) is 1.00. The van der Waals surface area contributed by atoms with Crippen molar-refractivity contribution in [2.24, 2.45) is 11.8 Å². The standard InChI is InChI=1S/C15H30N2O/c1-3-16-8-4-14(5-9-16)12-17-10-6-15(7-11-17)13-18-2/h14-15H,3-13H2,1-2H3. The Morgan fingerprint density at radius 3 is 2.00 bits per heavy atom. The summed E-state index contributed by atoms with van der Waals surface area (Å²) in [6.07, 6.45) is 5.49. The molecule has 0 aromatic rings. The van der Waals surface area contributed by atoms with Crippen LogP contribution < -0.4 is 0 Å². The van der Waals surface area contributed by atoms with Crippen LogP contribution in [0.4, 0.5) is 0 Å². The Balaban J connectivity index is 1.63. The molecule has 2 heterocycles. The molecule has 2 aliphatic heterocycles. The zero-order valence-electron chi connectivity index (χ0n) is 12.2. The van der Waals surface area contributed by atoms with Gasteiger partial charge < -0.3 is 14.5 Å². The number of piperidine rings is 2. The van der Waals surface area contributed by atoms with Gasteiger partial charge in [0.25, 0.3) is 0 Å². The predicted molar refractivity (Wildman–Crippen MR) is 75.9 cm³/mol. The lowest BCUT2D eigenvalue weighted by Gasteiger charge is -2.37. The van der Waals surface area contributed by atoms with Crippen LogP contribution >= 0.6 is 0 Å². The van der Waals surface area contributed by atoms with Crippen molar-refractivity contribution in [3.8, 4) is 0 Å². The maximum atomic E-state index is 5.27. The van der Waals surface area contributed by atoms with Gasteiger partial charge in [-0.15, -0.1) is 0 Å². The zero-order chi connectivity index (χ0) is 12.8. The first-order chi connectivity index (χ1) is 8.81. The lowest BCUT2D eigenvalue weighted by atomic mass is 9.93. The van der Waals surface area contributed by atoms with E-state index in [1.807, 2.05) is 7.11 Å². The SMILES string of the molecule is CCN1CCC(CN2CCC(COC)CC2)CC1. The smallest absolute Gasteiger partial charge is 0.0491 e. The summed E-state index contributed by atoms with van der Waals surface area (Å²) in [4.78, 5) is 5.28. The third-order valence-electron chi connectivity index (χ3n) is 4.78. The van der Waals surface area contributed by atoms with Gasteiger partial charge in [-0.3, -0.25) is 0 Å². The Morgan fingerprint density at radius 1 is 0.889 bits per heavy atom. The Kier molecular flexibility index (Phi) is 5.93. The highest BCUT2D eigenvalue weighted by Crippen LogP contribution is 2.22. The van der Waals surface area contributed by atoms with Crippen LogP contribution in [0, 0.1) is 11.8 Å². The van der Waals surface area contributed by atoms with Gasteiger partial charge in [0.05, 0.1) is 0 Å². The summed E-state index contributed by atoms with van der Waals surface area (Å²) < 4.78 is 5.27. The largest absolute Gasteiger partial charge is 0.384 e. The minimum atomic E-state index is 0.813. The number of rotatable bonds is 5. The summed E-state index contributed by atoms with van der Waals surface area (Å²) in [5.41, 5.74) is 0. The van der Waals surface area contributed by atoms with E-state index in [9.17, 15) is 0 Å². The molecule has 3 nitrogen and oxygen atoms in total. The molecular weight excluding hydrogens is 224 g/mol. The quantitative estimate of drug-likeness (QED) is 0.747. The lowest BCUT2D eigenvalue weighted by Crippen LogP contribution is -2.41. The number of nitrogens with zero attached hydrogens (tertiary/aromatic N) is 2. The van der Waals surface area contributed by atoms with Gasteiger partial charge in [0, 0.05) is 20.3 Å². The summed E-state index contributed by atoms with van der Waals surface area (Å²) in [5.74, 6) is 1.76. The summed E-state index contributed by atoms with van der Waals surface area (Å²) in [5, 5.41) is 0. The molecule has 3 heteroatoms. The molecule has 2 saturated heterocycles. The molecule has 0 aromatic heterocycles. The third kappa shape index (κ3) is 4.22.